The summed E-state index contributed by atoms with van der Waals surface area (Å²) in [6.07, 6.45) is 0.524. The molecule has 0 aromatic carbocycles. The molecule has 1 heterocycles. The molecule has 0 saturated heterocycles. The summed E-state index contributed by atoms with van der Waals surface area (Å²) in [5.41, 5.74) is 0.917. The van der Waals surface area contributed by atoms with Crippen molar-refractivity contribution in [3.05, 3.63) is 20.3 Å². The largest absolute Gasteiger partial charge is 0.481 e. The van der Waals surface area contributed by atoms with Crippen LogP contribution in [0, 0.1) is 18.3 Å². The molecule has 1 atom stereocenters. The van der Waals surface area contributed by atoms with Gasteiger partial charge in [-0.2, -0.15) is 0 Å². The molecule has 2 N–H and O–H groups in total. The Balaban J connectivity index is 2.63. The molecule has 0 saturated carbocycles. The van der Waals surface area contributed by atoms with Gasteiger partial charge < -0.3 is 10.4 Å². The molecular formula is C14H20BrNO3S. The number of carboxylic acids is 1. The summed E-state index contributed by atoms with van der Waals surface area (Å²) in [4.78, 5) is 23.8. The summed E-state index contributed by atoms with van der Waals surface area (Å²) in [6, 6.07) is 1.80. The van der Waals surface area contributed by atoms with Gasteiger partial charge in [0.25, 0.3) is 5.91 Å². The van der Waals surface area contributed by atoms with E-state index in [1.165, 1.54) is 11.3 Å². The highest BCUT2D eigenvalue weighted by atomic mass is 79.9. The molecule has 0 aliphatic rings. The van der Waals surface area contributed by atoms with Crippen molar-refractivity contribution in [1.82, 2.24) is 5.32 Å². The lowest BCUT2D eigenvalue weighted by atomic mass is 9.84. The Bertz CT molecular complexity index is 486. The highest BCUT2D eigenvalue weighted by Crippen LogP contribution is 2.27. The standard InChI is InChI=1S/C14H20BrNO3S/c1-8-5-10(20-11(8)15)12(17)16-7-9(13(18)19)6-14(2,3)4/h5,9H,6-7H2,1-4H3,(H,16,17)(H,18,19). The van der Waals surface area contributed by atoms with Gasteiger partial charge in [-0.3, -0.25) is 9.59 Å². The topological polar surface area (TPSA) is 66.4 Å². The van der Waals surface area contributed by atoms with Crippen molar-refractivity contribution in [2.75, 3.05) is 6.54 Å². The molecule has 4 nitrogen and oxygen atoms in total. The van der Waals surface area contributed by atoms with Gasteiger partial charge in [-0.05, 0) is 46.3 Å². The van der Waals surface area contributed by atoms with Crippen LogP contribution in [0.2, 0.25) is 0 Å². The van der Waals surface area contributed by atoms with Crippen LogP contribution in [0.25, 0.3) is 0 Å². The van der Waals surface area contributed by atoms with Crippen LogP contribution < -0.4 is 5.32 Å². The van der Waals surface area contributed by atoms with Gasteiger partial charge >= 0.3 is 5.97 Å². The molecular weight excluding hydrogens is 342 g/mol. The van der Waals surface area contributed by atoms with Crippen LogP contribution in [0.15, 0.2) is 9.85 Å². The Labute approximate surface area is 131 Å². The molecule has 1 rings (SSSR count). The zero-order chi connectivity index (χ0) is 15.5. The number of nitrogens with one attached hydrogen (secondary N) is 1. The third-order valence-electron chi connectivity index (χ3n) is 2.80. The minimum atomic E-state index is -0.872. The Morgan fingerprint density at radius 3 is 2.45 bits per heavy atom. The molecule has 0 aliphatic carbocycles. The van der Waals surface area contributed by atoms with Gasteiger partial charge in [-0.25, -0.2) is 0 Å². The first-order chi connectivity index (χ1) is 9.10. The fourth-order valence-electron chi connectivity index (χ4n) is 1.86. The molecule has 1 amide bonds. The first-order valence-electron chi connectivity index (χ1n) is 6.37. The van der Waals surface area contributed by atoms with Crippen LogP contribution >= 0.6 is 27.3 Å². The second kappa shape index (κ2) is 6.72. The van der Waals surface area contributed by atoms with Crippen LogP contribution in [0.3, 0.4) is 0 Å². The monoisotopic (exact) mass is 361 g/mol. The third kappa shape index (κ3) is 5.25. The van der Waals surface area contributed by atoms with Gasteiger partial charge in [-0.15, -0.1) is 11.3 Å². The van der Waals surface area contributed by atoms with E-state index in [9.17, 15) is 14.7 Å². The minimum Gasteiger partial charge on any atom is -0.481 e. The molecule has 0 aliphatic heterocycles. The summed E-state index contributed by atoms with van der Waals surface area (Å²) in [5.74, 6) is -1.66. The van der Waals surface area contributed by atoms with E-state index in [2.05, 4.69) is 21.2 Å². The van der Waals surface area contributed by atoms with Crippen LogP contribution in [-0.2, 0) is 4.79 Å². The van der Waals surface area contributed by atoms with E-state index in [0.29, 0.717) is 11.3 Å². The molecule has 1 aromatic rings. The summed E-state index contributed by atoms with van der Waals surface area (Å²) >= 11 is 4.72. The predicted molar refractivity (Wildman–Crippen MR) is 84.3 cm³/mol. The van der Waals surface area contributed by atoms with E-state index >= 15 is 0 Å². The zero-order valence-electron chi connectivity index (χ0n) is 12.1. The Morgan fingerprint density at radius 2 is 2.05 bits per heavy atom. The number of halogens is 1. The number of aliphatic carboxylic acids is 1. The van der Waals surface area contributed by atoms with Crippen molar-refractivity contribution < 1.29 is 14.7 Å². The highest BCUT2D eigenvalue weighted by molar-refractivity contribution is 9.11. The van der Waals surface area contributed by atoms with E-state index < -0.39 is 11.9 Å². The van der Waals surface area contributed by atoms with Crippen LogP contribution in [-0.4, -0.2) is 23.5 Å². The first kappa shape index (κ1) is 17.2. The zero-order valence-corrected chi connectivity index (χ0v) is 14.5. The minimum absolute atomic E-state index is 0.0870. The number of amides is 1. The lowest BCUT2D eigenvalue weighted by Gasteiger charge is -2.23. The van der Waals surface area contributed by atoms with E-state index in [-0.39, 0.29) is 17.9 Å². The Kier molecular flexibility index (Phi) is 5.77. The number of carboxylic acid groups (broad SMARTS) is 1. The van der Waals surface area contributed by atoms with Gasteiger partial charge in [0.2, 0.25) is 0 Å². The molecule has 0 radical (unpaired) electrons. The van der Waals surface area contributed by atoms with Gasteiger partial charge in [-0.1, -0.05) is 20.8 Å². The Morgan fingerprint density at radius 1 is 1.45 bits per heavy atom. The lowest BCUT2D eigenvalue weighted by Crippen LogP contribution is -2.34. The maximum Gasteiger partial charge on any atom is 0.308 e. The SMILES string of the molecule is Cc1cc(C(=O)NCC(CC(C)(C)C)C(=O)O)sc1Br. The van der Waals surface area contributed by atoms with E-state index in [1.807, 2.05) is 27.7 Å². The van der Waals surface area contributed by atoms with Crippen molar-refractivity contribution in [2.24, 2.45) is 11.3 Å². The average Bonchev–Trinajstić information content (AvgIpc) is 2.63. The highest BCUT2D eigenvalue weighted by Gasteiger charge is 2.25. The molecule has 1 aromatic heterocycles. The molecule has 20 heavy (non-hydrogen) atoms. The molecule has 6 heteroatoms. The van der Waals surface area contributed by atoms with E-state index in [4.69, 9.17) is 0 Å². The number of carbonyl (C=O) groups is 2. The Hall–Kier alpha value is -0.880. The molecule has 0 fully saturated rings. The number of rotatable bonds is 5. The predicted octanol–water partition coefficient (Wildman–Crippen LogP) is 3.69. The van der Waals surface area contributed by atoms with Gasteiger partial charge in [0.05, 0.1) is 14.6 Å². The van der Waals surface area contributed by atoms with Crippen LogP contribution in [0.4, 0.5) is 0 Å². The van der Waals surface area contributed by atoms with E-state index in [1.54, 1.807) is 6.07 Å². The fraction of sp³-hybridized carbons (Fsp3) is 0.571. The summed E-state index contributed by atoms with van der Waals surface area (Å²) in [6.45, 7) is 8.04. The van der Waals surface area contributed by atoms with E-state index in [0.717, 1.165) is 9.35 Å². The van der Waals surface area contributed by atoms with Crippen molar-refractivity contribution in [3.8, 4) is 0 Å². The fourth-order valence-corrected chi connectivity index (χ4v) is 3.31. The normalized spacial score (nSPS) is 13.1. The smallest absolute Gasteiger partial charge is 0.308 e. The second-order valence-electron chi connectivity index (χ2n) is 6.08. The third-order valence-corrected chi connectivity index (χ3v) is 4.93. The van der Waals surface area contributed by atoms with Crippen molar-refractivity contribution in [1.29, 1.82) is 0 Å². The van der Waals surface area contributed by atoms with Crippen molar-refractivity contribution in [3.63, 3.8) is 0 Å². The van der Waals surface area contributed by atoms with Gasteiger partial charge in [0, 0.05) is 6.54 Å². The molecule has 0 bridgehead atoms. The number of hydrogen-bond acceptors (Lipinski definition) is 3. The number of aryl methyl sites for hydroxylation is 1. The van der Waals surface area contributed by atoms with Gasteiger partial charge in [0.15, 0.2) is 0 Å². The van der Waals surface area contributed by atoms with Crippen molar-refractivity contribution >= 4 is 39.1 Å². The van der Waals surface area contributed by atoms with Gasteiger partial charge in [0.1, 0.15) is 0 Å². The number of thiophene rings is 1. The summed E-state index contributed by atoms with van der Waals surface area (Å²) in [5, 5.41) is 11.9. The van der Waals surface area contributed by atoms with Crippen LogP contribution in [0.5, 0.6) is 0 Å². The average molecular weight is 362 g/mol. The maximum absolute atomic E-state index is 12.0. The molecule has 112 valence electrons. The second-order valence-corrected chi connectivity index (χ2v) is 8.45. The first-order valence-corrected chi connectivity index (χ1v) is 7.98. The lowest BCUT2D eigenvalue weighted by molar-refractivity contribution is -0.142. The summed E-state index contributed by atoms with van der Waals surface area (Å²) in [7, 11) is 0. The summed E-state index contributed by atoms with van der Waals surface area (Å²) < 4.78 is 0.923. The number of hydrogen-bond donors (Lipinski definition) is 2. The number of carbonyl (C=O) groups excluding carboxylic acids is 1. The molecule has 0 spiro atoms. The maximum atomic E-state index is 12.0. The van der Waals surface area contributed by atoms with Crippen molar-refractivity contribution in [2.45, 2.75) is 34.1 Å². The quantitative estimate of drug-likeness (QED) is 0.840. The van der Waals surface area contributed by atoms with Crippen LogP contribution in [0.1, 0.15) is 42.4 Å². The molecule has 1 unspecified atom stereocenters.